The van der Waals surface area contributed by atoms with Gasteiger partial charge in [-0.1, -0.05) is 0 Å². The van der Waals surface area contributed by atoms with Gasteiger partial charge in [-0.3, -0.25) is 14.9 Å². The summed E-state index contributed by atoms with van der Waals surface area (Å²) >= 11 is 1.34. The number of nitrogens with one attached hydrogen (secondary N) is 1. The summed E-state index contributed by atoms with van der Waals surface area (Å²) in [6, 6.07) is 6.32. The molecular formula is C12H11NO4S. The van der Waals surface area contributed by atoms with Crippen LogP contribution in [0.25, 0.3) is 0 Å². The second-order valence-corrected chi connectivity index (χ2v) is 5.16. The Kier molecular flexibility index (Phi) is 3.66. The molecule has 18 heavy (non-hydrogen) atoms. The monoisotopic (exact) mass is 265 g/mol. The van der Waals surface area contributed by atoms with Gasteiger partial charge in [-0.15, -0.1) is 11.8 Å². The van der Waals surface area contributed by atoms with Crippen molar-refractivity contribution in [3.63, 3.8) is 0 Å². The Morgan fingerprint density at radius 3 is 2.50 bits per heavy atom. The second kappa shape index (κ2) is 5.22. The number of carbonyl (C=O) groups excluding carboxylic acids is 2. The summed E-state index contributed by atoms with van der Waals surface area (Å²) in [6.07, 6.45) is 0.854. The number of piperidine rings is 1. The van der Waals surface area contributed by atoms with Crippen molar-refractivity contribution < 1.29 is 19.5 Å². The first-order chi connectivity index (χ1) is 8.56. The van der Waals surface area contributed by atoms with Gasteiger partial charge in [0.15, 0.2) is 0 Å². The molecule has 1 aromatic carbocycles. The number of hydrogen-bond donors (Lipinski definition) is 2. The molecule has 1 aromatic rings. The zero-order valence-electron chi connectivity index (χ0n) is 9.38. The first-order valence-corrected chi connectivity index (χ1v) is 6.28. The van der Waals surface area contributed by atoms with Crippen molar-refractivity contribution in [2.45, 2.75) is 23.0 Å². The molecule has 6 heteroatoms. The van der Waals surface area contributed by atoms with Gasteiger partial charge in [0.2, 0.25) is 11.8 Å². The minimum Gasteiger partial charge on any atom is -0.478 e. The van der Waals surface area contributed by atoms with E-state index >= 15 is 0 Å². The van der Waals surface area contributed by atoms with Crippen LogP contribution in [-0.4, -0.2) is 28.1 Å². The van der Waals surface area contributed by atoms with Gasteiger partial charge in [0.1, 0.15) is 0 Å². The Balaban J connectivity index is 2.03. The van der Waals surface area contributed by atoms with Crippen molar-refractivity contribution in [1.29, 1.82) is 0 Å². The molecule has 1 fully saturated rings. The second-order valence-electron chi connectivity index (χ2n) is 3.89. The zero-order chi connectivity index (χ0) is 13.1. The SMILES string of the molecule is O=C1CCC(Sc2ccc(C(=O)O)cc2)C(=O)N1. The normalized spacial score (nSPS) is 19.4. The number of thioether (sulfide) groups is 1. The van der Waals surface area contributed by atoms with E-state index in [1.54, 1.807) is 12.1 Å². The summed E-state index contributed by atoms with van der Waals surface area (Å²) in [5.41, 5.74) is 0.211. The van der Waals surface area contributed by atoms with Crippen LogP contribution in [0.4, 0.5) is 0 Å². The molecule has 1 atom stereocenters. The van der Waals surface area contributed by atoms with Crippen molar-refractivity contribution in [2.24, 2.45) is 0 Å². The molecule has 2 amide bonds. The molecule has 0 aromatic heterocycles. The molecule has 0 spiro atoms. The fourth-order valence-electron chi connectivity index (χ4n) is 1.63. The van der Waals surface area contributed by atoms with Crippen LogP contribution in [0, 0.1) is 0 Å². The third kappa shape index (κ3) is 2.89. The van der Waals surface area contributed by atoms with E-state index in [1.807, 2.05) is 0 Å². The van der Waals surface area contributed by atoms with Crippen molar-refractivity contribution in [3.05, 3.63) is 29.8 Å². The molecule has 94 valence electrons. The topological polar surface area (TPSA) is 83.5 Å². The Morgan fingerprint density at radius 2 is 1.94 bits per heavy atom. The van der Waals surface area contributed by atoms with Crippen LogP contribution in [0.5, 0.6) is 0 Å². The van der Waals surface area contributed by atoms with Crippen LogP contribution >= 0.6 is 11.8 Å². The molecule has 0 radical (unpaired) electrons. The molecule has 0 bridgehead atoms. The van der Waals surface area contributed by atoms with E-state index in [0.29, 0.717) is 12.8 Å². The third-order valence-corrected chi connectivity index (χ3v) is 3.85. The van der Waals surface area contributed by atoms with E-state index in [0.717, 1.165) is 4.90 Å². The lowest BCUT2D eigenvalue weighted by molar-refractivity contribution is -0.132. The highest BCUT2D eigenvalue weighted by molar-refractivity contribution is 8.00. The van der Waals surface area contributed by atoms with Crippen molar-refractivity contribution in [3.8, 4) is 0 Å². The maximum atomic E-state index is 11.5. The van der Waals surface area contributed by atoms with E-state index in [9.17, 15) is 14.4 Å². The highest BCUT2D eigenvalue weighted by Gasteiger charge is 2.27. The van der Waals surface area contributed by atoms with Crippen LogP contribution in [-0.2, 0) is 9.59 Å². The molecular weight excluding hydrogens is 254 g/mol. The minimum absolute atomic E-state index is 0.211. The number of benzene rings is 1. The number of hydrogen-bond acceptors (Lipinski definition) is 4. The lowest BCUT2D eigenvalue weighted by Gasteiger charge is -2.20. The van der Waals surface area contributed by atoms with Gasteiger partial charge in [0.25, 0.3) is 0 Å². The fourth-order valence-corrected chi connectivity index (χ4v) is 2.65. The molecule has 1 aliphatic rings. The molecule has 5 nitrogen and oxygen atoms in total. The first kappa shape index (κ1) is 12.6. The highest BCUT2D eigenvalue weighted by atomic mass is 32.2. The summed E-state index contributed by atoms with van der Waals surface area (Å²) in [4.78, 5) is 34.0. The number of carboxylic acid groups (broad SMARTS) is 1. The van der Waals surface area contributed by atoms with E-state index < -0.39 is 5.97 Å². The average Bonchev–Trinajstić information content (AvgIpc) is 2.33. The maximum Gasteiger partial charge on any atom is 0.335 e. The first-order valence-electron chi connectivity index (χ1n) is 5.40. The zero-order valence-corrected chi connectivity index (χ0v) is 10.2. The number of aromatic carboxylic acids is 1. The van der Waals surface area contributed by atoms with E-state index in [2.05, 4.69) is 5.32 Å². The van der Waals surface area contributed by atoms with Crippen LogP contribution in [0.3, 0.4) is 0 Å². The average molecular weight is 265 g/mol. The van der Waals surface area contributed by atoms with Crippen LogP contribution < -0.4 is 5.32 Å². The van der Waals surface area contributed by atoms with E-state index in [-0.39, 0.29) is 22.6 Å². The van der Waals surface area contributed by atoms with Gasteiger partial charge in [0, 0.05) is 11.3 Å². The van der Waals surface area contributed by atoms with Crippen molar-refractivity contribution >= 4 is 29.5 Å². The van der Waals surface area contributed by atoms with E-state index in [1.165, 1.54) is 23.9 Å². The summed E-state index contributed by atoms with van der Waals surface area (Å²) in [5, 5.41) is 10.8. The van der Waals surface area contributed by atoms with Gasteiger partial charge in [-0.25, -0.2) is 4.79 Å². The van der Waals surface area contributed by atoms with Crippen LogP contribution in [0.15, 0.2) is 29.2 Å². The lowest BCUT2D eigenvalue weighted by atomic mass is 10.1. The Hall–Kier alpha value is -1.82. The molecule has 1 aliphatic heterocycles. The molecule has 0 aliphatic carbocycles. The molecule has 0 saturated carbocycles. The fraction of sp³-hybridized carbons (Fsp3) is 0.250. The molecule has 1 saturated heterocycles. The molecule has 1 heterocycles. The van der Waals surface area contributed by atoms with Gasteiger partial charge >= 0.3 is 5.97 Å². The largest absolute Gasteiger partial charge is 0.478 e. The van der Waals surface area contributed by atoms with Crippen LogP contribution in [0.1, 0.15) is 23.2 Å². The number of amides is 2. The number of rotatable bonds is 3. The molecule has 2 rings (SSSR count). The minimum atomic E-state index is -0.979. The van der Waals surface area contributed by atoms with Crippen molar-refractivity contribution in [2.75, 3.05) is 0 Å². The van der Waals surface area contributed by atoms with Gasteiger partial charge in [-0.05, 0) is 30.7 Å². The Bertz CT molecular complexity index is 497. The Labute approximate surface area is 108 Å². The van der Waals surface area contributed by atoms with Gasteiger partial charge in [0.05, 0.1) is 10.8 Å². The third-order valence-electron chi connectivity index (χ3n) is 2.57. The summed E-state index contributed by atoms with van der Waals surface area (Å²) in [7, 11) is 0. The molecule has 1 unspecified atom stereocenters. The smallest absolute Gasteiger partial charge is 0.335 e. The summed E-state index contributed by atoms with van der Waals surface area (Å²) < 4.78 is 0. The maximum absolute atomic E-state index is 11.5. The lowest BCUT2D eigenvalue weighted by Crippen LogP contribution is -2.42. The summed E-state index contributed by atoms with van der Waals surface area (Å²) in [6.45, 7) is 0. The number of carbonyl (C=O) groups is 3. The number of carboxylic acids is 1. The summed E-state index contributed by atoms with van der Waals surface area (Å²) in [5.74, 6) is -1.50. The quantitative estimate of drug-likeness (QED) is 0.804. The molecule has 2 N–H and O–H groups in total. The van der Waals surface area contributed by atoms with E-state index in [4.69, 9.17) is 5.11 Å². The number of imide groups is 1. The predicted octanol–water partition coefficient (Wildman–Crippen LogP) is 1.28. The highest BCUT2D eigenvalue weighted by Crippen LogP contribution is 2.28. The Morgan fingerprint density at radius 1 is 1.28 bits per heavy atom. The predicted molar refractivity (Wildman–Crippen MR) is 65.4 cm³/mol. The standard InChI is InChI=1S/C12H11NO4S/c14-10-6-5-9(11(15)13-10)18-8-3-1-7(2-4-8)12(16)17/h1-4,9H,5-6H2,(H,16,17)(H,13,14,15). The van der Waals surface area contributed by atoms with Gasteiger partial charge in [-0.2, -0.15) is 0 Å². The van der Waals surface area contributed by atoms with Crippen LogP contribution in [0.2, 0.25) is 0 Å². The van der Waals surface area contributed by atoms with Gasteiger partial charge < -0.3 is 5.11 Å². The van der Waals surface area contributed by atoms with Crippen molar-refractivity contribution in [1.82, 2.24) is 5.32 Å².